The molecule has 0 aromatic carbocycles. The number of pyridine rings is 1. The minimum absolute atomic E-state index is 0.198. The molecule has 0 fully saturated rings. The number of carbonyl (C=O) groups excluding carboxylic acids is 1. The van der Waals surface area contributed by atoms with E-state index in [1.807, 2.05) is 0 Å². The lowest BCUT2D eigenvalue weighted by molar-refractivity contribution is -0.143. The van der Waals surface area contributed by atoms with Crippen molar-refractivity contribution in [3.8, 4) is 0 Å². The van der Waals surface area contributed by atoms with Crippen molar-refractivity contribution < 1.29 is 32.6 Å². The Labute approximate surface area is 137 Å². The monoisotopic (exact) mass is 348 g/mol. The van der Waals surface area contributed by atoms with Gasteiger partial charge in [-0.2, -0.15) is 13.2 Å². The Morgan fingerprint density at radius 1 is 1.29 bits per heavy atom. The van der Waals surface area contributed by atoms with Crippen molar-refractivity contribution in [2.24, 2.45) is 0 Å². The molecular weight excluding hydrogens is 329 g/mol. The third-order valence-electron chi connectivity index (χ3n) is 2.98. The molecule has 134 valence electrons. The van der Waals surface area contributed by atoms with Gasteiger partial charge in [0.2, 0.25) is 0 Å². The third kappa shape index (κ3) is 5.71. The second-order valence-corrected chi connectivity index (χ2v) is 6.20. The molecule has 0 saturated carbocycles. The number of hydrogen-bond acceptors (Lipinski definition) is 4. The average Bonchev–Trinajstić information content (AvgIpc) is 2.41. The fraction of sp³-hybridized carbons (Fsp3) is 0.533. The first kappa shape index (κ1) is 19.7. The van der Waals surface area contributed by atoms with Gasteiger partial charge >= 0.3 is 18.2 Å². The number of aromatic nitrogens is 1. The van der Waals surface area contributed by atoms with E-state index in [9.17, 15) is 27.9 Å². The first-order chi connectivity index (χ1) is 10.8. The Kier molecular flexibility index (Phi) is 5.80. The van der Waals surface area contributed by atoms with E-state index in [4.69, 9.17) is 4.74 Å². The molecule has 9 heteroatoms. The average molecular weight is 348 g/mol. The number of alkyl halides is 3. The molecule has 0 aliphatic heterocycles. The molecule has 1 amide bonds. The summed E-state index contributed by atoms with van der Waals surface area (Å²) in [4.78, 5) is 27.5. The lowest BCUT2D eigenvalue weighted by Gasteiger charge is -2.28. The SMILES string of the molecule is CN(C(=O)OC(C)(C)C)C(Cc1ccc(C(F)(F)F)nc1)C(=O)O. The molecular formula is C15H19F3N2O4. The molecule has 1 atom stereocenters. The molecule has 1 aromatic rings. The van der Waals surface area contributed by atoms with Gasteiger partial charge in [-0.05, 0) is 32.4 Å². The van der Waals surface area contributed by atoms with Crippen LogP contribution < -0.4 is 0 Å². The number of amides is 1. The van der Waals surface area contributed by atoms with Crippen LogP contribution in [0.25, 0.3) is 0 Å². The van der Waals surface area contributed by atoms with Crippen LogP contribution in [0.15, 0.2) is 18.3 Å². The Morgan fingerprint density at radius 3 is 2.25 bits per heavy atom. The highest BCUT2D eigenvalue weighted by atomic mass is 19.4. The van der Waals surface area contributed by atoms with Crippen LogP contribution in [0.4, 0.5) is 18.0 Å². The predicted octanol–water partition coefficient (Wildman–Crippen LogP) is 2.96. The van der Waals surface area contributed by atoms with Crippen molar-refractivity contribution in [3.63, 3.8) is 0 Å². The standard InChI is InChI=1S/C15H19F3N2O4/c1-14(2,3)24-13(23)20(4)10(12(21)22)7-9-5-6-11(19-8-9)15(16,17)18/h5-6,8,10H,7H2,1-4H3,(H,21,22). The fourth-order valence-corrected chi connectivity index (χ4v) is 1.79. The van der Waals surface area contributed by atoms with Crippen molar-refractivity contribution in [1.29, 1.82) is 0 Å². The molecule has 0 saturated heterocycles. The van der Waals surface area contributed by atoms with Crippen LogP contribution in [0.3, 0.4) is 0 Å². The van der Waals surface area contributed by atoms with E-state index in [1.54, 1.807) is 20.8 Å². The minimum Gasteiger partial charge on any atom is -0.480 e. The first-order valence-corrected chi connectivity index (χ1v) is 7.02. The number of rotatable bonds is 4. The Balaban J connectivity index is 2.90. The molecule has 0 bridgehead atoms. The molecule has 1 aromatic heterocycles. The number of aliphatic carboxylic acids is 1. The summed E-state index contributed by atoms with van der Waals surface area (Å²) >= 11 is 0. The third-order valence-corrected chi connectivity index (χ3v) is 2.98. The van der Waals surface area contributed by atoms with Crippen molar-refractivity contribution in [2.75, 3.05) is 7.05 Å². The molecule has 6 nitrogen and oxygen atoms in total. The van der Waals surface area contributed by atoms with Gasteiger partial charge in [-0.15, -0.1) is 0 Å². The van der Waals surface area contributed by atoms with Crippen molar-refractivity contribution in [1.82, 2.24) is 9.88 Å². The van der Waals surface area contributed by atoms with Gasteiger partial charge in [0.15, 0.2) is 0 Å². The number of hydrogen-bond donors (Lipinski definition) is 1. The zero-order chi connectivity index (χ0) is 18.7. The fourth-order valence-electron chi connectivity index (χ4n) is 1.79. The summed E-state index contributed by atoms with van der Waals surface area (Å²) in [5.74, 6) is -1.30. The highest BCUT2D eigenvalue weighted by Gasteiger charge is 2.33. The van der Waals surface area contributed by atoms with Crippen molar-refractivity contribution in [3.05, 3.63) is 29.6 Å². The summed E-state index contributed by atoms with van der Waals surface area (Å²) in [6, 6.07) is 0.606. The molecule has 0 aliphatic rings. The number of likely N-dealkylation sites (N-methyl/N-ethyl adjacent to an activating group) is 1. The van der Waals surface area contributed by atoms with Crippen LogP contribution >= 0.6 is 0 Å². The molecule has 0 radical (unpaired) electrons. The van der Waals surface area contributed by atoms with E-state index in [0.717, 1.165) is 23.2 Å². The number of carboxylic acid groups (broad SMARTS) is 1. The second-order valence-electron chi connectivity index (χ2n) is 6.20. The molecule has 1 N–H and O–H groups in total. The smallest absolute Gasteiger partial charge is 0.433 e. The van der Waals surface area contributed by atoms with Gasteiger partial charge in [-0.3, -0.25) is 9.88 Å². The summed E-state index contributed by atoms with van der Waals surface area (Å²) in [6.45, 7) is 4.90. The Hall–Kier alpha value is -2.32. The quantitative estimate of drug-likeness (QED) is 0.905. The van der Waals surface area contributed by atoms with E-state index in [2.05, 4.69) is 4.98 Å². The minimum atomic E-state index is -4.57. The maximum atomic E-state index is 12.5. The first-order valence-electron chi connectivity index (χ1n) is 7.02. The van der Waals surface area contributed by atoms with Gasteiger partial charge in [-0.25, -0.2) is 9.59 Å². The summed E-state index contributed by atoms with van der Waals surface area (Å²) in [7, 11) is 1.25. The van der Waals surface area contributed by atoms with Crippen LogP contribution in [0.5, 0.6) is 0 Å². The second kappa shape index (κ2) is 7.06. The van der Waals surface area contributed by atoms with Gasteiger partial charge in [0.1, 0.15) is 17.3 Å². The number of carbonyl (C=O) groups is 2. The topological polar surface area (TPSA) is 79.7 Å². The van der Waals surface area contributed by atoms with Crippen LogP contribution in [0.1, 0.15) is 32.0 Å². The summed E-state index contributed by atoms with van der Waals surface area (Å²) in [5, 5.41) is 9.29. The van der Waals surface area contributed by atoms with E-state index >= 15 is 0 Å². The van der Waals surface area contributed by atoms with Crippen molar-refractivity contribution >= 4 is 12.1 Å². The lowest BCUT2D eigenvalue weighted by atomic mass is 10.1. The Morgan fingerprint density at radius 2 is 1.88 bits per heavy atom. The van der Waals surface area contributed by atoms with E-state index in [1.165, 1.54) is 7.05 Å². The molecule has 0 aliphatic carbocycles. The number of nitrogens with zero attached hydrogens (tertiary/aromatic N) is 2. The maximum absolute atomic E-state index is 12.5. The van der Waals surface area contributed by atoms with E-state index in [-0.39, 0.29) is 12.0 Å². The van der Waals surface area contributed by atoms with Crippen LogP contribution in [-0.4, -0.2) is 45.7 Å². The van der Waals surface area contributed by atoms with E-state index in [0.29, 0.717) is 0 Å². The highest BCUT2D eigenvalue weighted by molar-refractivity contribution is 5.80. The highest BCUT2D eigenvalue weighted by Crippen LogP contribution is 2.27. The zero-order valence-electron chi connectivity index (χ0n) is 13.7. The summed E-state index contributed by atoms with van der Waals surface area (Å²) in [5.41, 5.74) is -1.62. The van der Waals surface area contributed by atoms with Gasteiger partial charge in [0.25, 0.3) is 0 Å². The van der Waals surface area contributed by atoms with Crippen LogP contribution in [0, 0.1) is 0 Å². The molecule has 24 heavy (non-hydrogen) atoms. The van der Waals surface area contributed by atoms with Gasteiger partial charge in [0.05, 0.1) is 0 Å². The number of carboxylic acids is 1. The molecule has 1 rings (SSSR count). The van der Waals surface area contributed by atoms with E-state index < -0.39 is 35.6 Å². The zero-order valence-corrected chi connectivity index (χ0v) is 13.7. The van der Waals surface area contributed by atoms with Crippen molar-refractivity contribution in [2.45, 2.75) is 45.0 Å². The summed E-state index contributed by atoms with van der Waals surface area (Å²) in [6.07, 6.45) is -4.66. The normalized spacial score (nSPS) is 13.3. The maximum Gasteiger partial charge on any atom is 0.433 e. The molecule has 1 heterocycles. The van der Waals surface area contributed by atoms with Gasteiger partial charge in [-0.1, -0.05) is 6.07 Å². The number of halogens is 3. The van der Waals surface area contributed by atoms with Crippen LogP contribution in [-0.2, 0) is 22.1 Å². The largest absolute Gasteiger partial charge is 0.480 e. The molecule has 1 unspecified atom stereocenters. The lowest BCUT2D eigenvalue weighted by Crippen LogP contribution is -2.46. The number of ether oxygens (including phenoxy) is 1. The van der Waals surface area contributed by atoms with Gasteiger partial charge < -0.3 is 9.84 Å². The van der Waals surface area contributed by atoms with Gasteiger partial charge in [0, 0.05) is 19.7 Å². The Bertz CT molecular complexity index is 594. The molecule has 0 spiro atoms. The predicted molar refractivity (Wildman–Crippen MR) is 78.4 cm³/mol. The van der Waals surface area contributed by atoms with Crippen LogP contribution in [0.2, 0.25) is 0 Å². The summed E-state index contributed by atoms with van der Waals surface area (Å²) < 4.78 is 42.5.